The van der Waals surface area contributed by atoms with E-state index in [0.717, 1.165) is 17.1 Å². The Morgan fingerprint density at radius 1 is 1.29 bits per heavy atom. The van der Waals surface area contributed by atoms with Crippen LogP contribution in [0.5, 0.6) is 0 Å². The summed E-state index contributed by atoms with van der Waals surface area (Å²) in [5.41, 5.74) is 2.06. The Hall–Kier alpha value is -2.14. The second-order valence-electron chi connectivity index (χ2n) is 5.98. The molecule has 1 aromatic carbocycles. The zero-order chi connectivity index (χ0) is 19.5. The number of hydrogen-bond acceptors (Lipinski definition) is 4. The largest absolute Gasteiger partial charge is 0.383 e. The van der Waals surface area contributed by atoms with E-state index in [4.69, 9.17) is 4.74 Å². The van der Waals surface area contributed by atoms with Gasteiger partial charge in [-0.2, -0.15) is 0 Å². The molecule has 9 heteroatoms. The van der Waals surface area contributed by atoms with Gasteiger partial charge >= 0.3 is 0 Å². The minimum Gasteiger partial charge on any atom is -0.383 e. The van der Waals surface area contributed by atoms with Crippen molar-refractivity contribution < 1.29 is 9.53 Å². The molecule has 0 saturated carbocycles. The number of benzene rings is 1. The van der Waals surface area contributed by atoms with Crippen molar-refractivity contribution in [1.29, 1.82) is 0 Å². The lowest BCUT2D eigenvalue weighted by Gasteiger charge is -2.21. The Balaban J connectivity index is 0.00000392. The molecule has 2 aromatic rings. The molecule has 0 spiro atoms. The molecule has 0 atom stereocenters. The number of carbonyl (C=O) groups excluding carboxylic acids is 1. The number of nitrogens with zero attached hydrogens (tertiary/aromatic N) is 3. The third kappa shape index (κ3) is 7.85. The molecule has 0 bridgehead atoms. The number of rotatable bonds is 9. The van der Waals surface area contributed by atoms with Gasteiger partial charge in [0.05, 0.1) is 25.0 Å². The third-order valence-electron chi connectivity index (χ3n) is 3.80. The number of aromatic amines is 1. The predicted molar refractivity (Wildman–Crippen MR) is 122 cm³/mol. The van der Waals surface area contributed by atoms with E-state index < -0.39 is 0 Å². The number of ether oxygens (including phenoxy) is 1. The fourth-order valence-corrected chi connectivity index (χ4v) is 2.47. The van der Waals surface area contributed by atoms with E-state index in [9.17, 15) is 4.79 Å². The van der Waals surface area contributed by atoms with E-state index in [-0.39, 0.29) is 36.4 Å². The molecule has 1 amide bonds. The standard InChI is InChI=1S/C19H28N6O2.HI/c1-4-20-19(23-13-18(26)21-10-11-27-3)25(2)14-17-22-12-16(24-17)15-8-6-5-7-9-15;/h5-9,12H,4,10-11,13-14H2,1-3H3,(H,20,23)(H,21,26)(H,22,24);1H. The van der Waals surface area contributed by atoms with Crippen molar-refractivity contribution in [3.8, 4) is 11.3 Å². The minimum absolute atomic E-state index is 0. The van der Waals surface area contributed by atoms with Crippen molar-refractivity contribution >= 4 is 35.8 Å². The van der Waals surface area contributed by atoms with E-state index in [0.29, 0.717) is 32.2 Å². The van der Waals surface area contributed by atoms with Gasteiger partial charge in [-0.25, -0.2) is 9.98 Å². The topological polar surface area (TPSA) is 94.6 Å². The number of nitrogens with one attached hydrogen (secondary N) is 3. The number of H-pyrrole nitrogens is 1. The van der Waals surface area contributed by atoms with E-state index >= 15 is 0 Å². The van der Waals surface area contributed by atoms with Crippen molar-refractivity contribution in [1.82, 2.24) is 25.5 Å². The zero-order valence-electron chi connectivity index (χ0n) is 16.6. The second kappa shape index (κ2) is 13.1. The summed E-state index contributed by atoms with van der Waals surface area (Å²) in [5, 5.41) is 5.95. The third-order valence-corrected chi connectivity index (χ3v) is 3.80. The number of hydrogen-bond donors (Lipinski definition) is 3. The van der Waals surface area contributed by atoms with Crippen molar-refractivity contribution in [3.63, 3.8) is 0 Å². The molecular weight excluding hydrogens is 471 g/mol. The van der Waals surface area contributed by atoms with Crippen LogP contribution in [-0.2, 0) is 16.1 Å². The van der Waals surface area contributed by atoms with Gasteiger partial charge < -0.3 is 25.3 Å². The number of carbonyl (C=O) groups is 1. The highest BCUT2D eigenvalue weighted by atomic mass is 127. The number of imidazole rings is 1. The van der Waals surface area contributed by atoms with E-state index in [2.05, 4.69) is 25.6 Å². The Morgan fingerprint density at radius 3 is 2.71 bits per heavy atom. The lowest BCUT2D eigenvalue weighted by molar-refractivity contribution is -0.119. The maximum Gasteiger partial charge on any atom is 0.241 e. The number of aliphatic imine (C=N–C) groups is 1. The van der Waals surface area contributed by atoms with E-state index in [1.165, 1.54) is 0 Å². The molecule has 2 rings (SSSR count). The summed E-state index contributed by atoms with van der Waals surface area (Å²) in [6.45, 7) is 4.27. The summed E-state index contributed by atoms with van der Waals surface area (Å²) < 4.78 is 4.91. The number of aromatic nitrogens is 2. The number of guanidine groups is 1. The Morgan fingerprint density at radius 2 is 2.04 bits per heavy atom. The predicted octanol–water partition coefficient (Wildman–Crippen LogP) is 1.85. The van der Waals surface area contributed by atoms with Crippen molar-refractivity contribution in [2.75, 3.05) is 40.4 Å². The lowest BCUT2D eigenvalue weighted by atomic mass is 10.2. The average molecular weight is 500 g/mol. The maximum atomic E-state index is 11.8. The highest BCUT2D eigenvalue weighted by molar-refractivity contribution is 14.0. The number of methoxy groups -OCH3 is 1. The van der Waals surface area contributed by atoms with Crippen LogP contribution in [0.15, 0.2) is 41.5 Å². The van der Waals surface area contributed by atoms with Gasteiger partial charge in [0, 0.05) is 27.2 Å². The summed E-state index contributed by atoms with van der Waals surface area (Å²) >= 11 is 0. The molecule has 0 aliphatic heterocycles. The Bertz CT molecular complexity index is 735. The second-order valence-corrected chi connectivity index (χ2v) is 5.98. The van der Waals surface area contributed by atoms with Gasteiger partial charge in [-0.3, -0.25) is 4.79 Å². The fourth-order valence-electron chi connectivity index (χ4n) is 2.47. The molecular formula is C19H29IN6O2. The van der Waals surface area contributed by atoms with Crippen LogP contribution in [0.3, 0.4) is 0 Å². The lowest BCUT2D eigenvalue weighted by Crippen LogP contribution is -2.40. The van der Waals surface area contributed by atoms with Gasteiger partial charge in [0.1, 0.15) is 12.4 Å². The summed E-state index contributed by atoms with van der Waals surface area (Å²) in [4.78, 5) is 25.9. The summed E-state index contributed by atoms with van der Waals surface area (Å²) in [6, 6.07) is 10.0. The van der Waals surface area contributed by atoms with Crippen LogP contribution in [0.25, 0.3) is 11.3 Å². The van der Waals surface area contributed by atoms with Crippen LogP contribution in [0, 0.1) is 0 Å². The first-order valence-electron chi connectivity index (χ1n) is 8.98. The van der Waals surface area contributed by atoms with Crippen LogP contribution in [0.4, 0.5) is 0 Å². The molecule has 0 unspecified atom stereocenters. The smallest absolute Gasteiger partial charge is 0.241 e. The first-order valence-corrected chi connectivity index (χ1v) is 8.98. The molecule has 3 N–H and O–H groups in total. The van der Waals surface area contributed by atoms with Crippen LogP contribution in [-0.4, -0.2) is 67.1 Å². The molecule has 0 aliphatic rings. The van der Waals surface area contributed by atoms with Crippen LogP contribution in [0.2, 0.25) is 0 Å². The highest BCUT2D eigenvalue weighted by Gasteiger charge is 2.10. The van der Waals surface area contributed by atoms with Crippen LogP contribution < -0.4 is 10.6 Å². The molecule has 28 heavy (non-hydrogen) atoms. The summed E-state index contributed by atoms with van der Waals surface area (Å²) in [5.74, 6) is 1.34. The highest BCUT2D eigenvalue weighted by Crippen LogP contribution is 2.16. The van der Waals surface area contributed by atoms with Crippen LogP contribution >= 0.6 is 24.0 Å². The van der Waals surface area contributed by atoms with Crippen molar-refractivity contribution in [2.24, 2.45) is 4.99 Å². The SMILES string of the molecule is CCNC(=NCC(=O)NCCOC)N(C)Cc1ncc(-c2ccccc2)[nH]1.I. The first-order chi connectivity index (χ1) is 13.1. The average Bonchev–Trinajstić information content (AvgIpc) is 3.14. The molecule has 0 fully saturated rings. The van der Waals surface area contributed by atoms with E-state index in [1.54, 1.807) is 7.11 Å². The van der Waals surface area contributed by atoms with Crippen molar-refractivity contribution in [2.45, 2.75) is 13.5 Å². The summed E-state index contributed by atoms with van der Waals surface area (Å²) in [7, 11) is 3.51. The molecule has 1 aromatic heterocycles. The quantitative estimate of drug-likeness (QED) is 0.212. The maximum absolute atomic E-state index is 11.8. The molecule has 1 heterocycles. The van der Waals surface area contributed by atoms with Gasteiger partial charge in [0.2, 0.25) is 5.91 Å². The minimum atomic E-state index is -0.139. The number of amides is 1. The normalized spacial score (nSPS) is 10.9. The molecule has 8 nitrogen and oxygen atoms in total. The molecule has 154 valence electrons. The monoisotopic (exact) mass is 500 g/mol. The molecule has 0 saturated heterocycles. The van der Waals surface area contributed by atoms with E-state index in [1.807, 2.05) is 55.4 Å². The molecule has 0 radical (unpaired) electrons. The van der Waals surface area contributed by atoms with Crippen molar-refractivity contribution in [3.05, 3.63) is 42.4 Å². The van der Waals surface area contributed by atoms with Gasteiger partial charge in [-0.05, 0) is 12.5 Å². The van der Waals surface area contributed by atoms with Gasteiger partial charge in [-0.15, -0.1) is 24.0 Å². The number of halogens is 1. The van der Waals surface area contributed by atoms with Gasteiger partial charge in [0.25, 0.3) is 0 Å². The Kier molecular flexibility index (Phi) is 11.2. The Labute approximate surface area is 183 Å². The van der Waals surface area contributed by atoms with Gasteiger partial charge in [-0.1, -0.05) is 30.3 Å². The summed E-state index contributed by atoms with van der Waals surface area (Å²) in [6.07, 6.45) is 1.83. The molecule has 0 aliphatic carbocycles. The zero-order valence-corrected chi connectivity index (χ0v) is 18.9. The van der Waals surface area contributed by atoms with Crippen LogP contribution in [0.1, 0.15) is 12.7 Å². The first kappa shape index (κ1) is 23.9. The fraction of sp³-hybridized carbons (Fsp3) is 0.421. The van der Waals surface area contributed by atoms with Gasteiger partial charge in [0.15, 0.2) is 5.96 Å².